The van der Waals surface area contributed by atoms with Crippen LogP contribution >= 0.6 is 11.8 Å². The molecule has 0 aliphatic carbocycles. The van der Waals surface area contributed by atoms with Gasteiger partial charge < -0.3 is 9.64 Å². The van der Waals surface area contributed by atoms with Crippen molar-refractivity contribution >= 4 is 17.7 Å². The Morgan fingerprint density at radius 2 is 1.93 bits per heavy atom. The van der Waals surface area contributed by atoms with Crippen molar-refractivity contribution in [3.05, 3.63) is 48.0 Å². The maximum atomic E-state index is 13.3. The van der Waals surface area contributed by atoms with E-state index in [1.165, 1.54) is 12.1 Å². The molecule has 27 heavy (non-hydrogen) atoms. The van der Waals surface area contributed by atoms with Crippen LogP contribution in [0.1, 0.15) is 31.1 Å². The van der Waals surface area contributed by atoms with Crippen molar-refractivity contribution in [3.8, 4) is 5.69 Å². The standard InChI is InChI=1S/C20H24FN3O2S/c1-27-16-7-11-23(12-8-16)20(25)17-9-13-26-19(17)18-6-10-22-24(18)15-4-2-14(21)3-5-15/h2-6,10,16-17,19H,7-9,11-13H2,1H3/t17-,19-/m0/s1. The maximum Gasteiger partial charge on any atom is 0.228 e. The molecule has 1 aromatic carbocycles. The summed E-state index contributed by atoms with van der Waals surface area (Å²) in [6.45, 7) is 2.21. The molecule has 2 fully saturated rings. The number of rotatable bonds is 4. The molecule has 0 saturated carbocycles. The first-order valence-corrected chi connectivity index (χ1v) is 10.7. The molecule has 0 spiro atoms. The van der Waals surface area contributed by atoms with Crippen LogP contribution in [0.5, 0.6) is 0 Å². The van der Waals surface area contributed by atoms with E-state index in [9.17, 15) is 9.18 Å². The van der Waals surface area contributed by atoms with Gasteiger partial charge in [-0.1, -0.05) is 0 Å². The number of hydrogen-bond donors (Lipinski definition) is 0. The molecular formula is C20H24FN3O2S. The number of piperidine rings is 1. The van der Waals surface area contributed by atoms with Crippen molar-refractivity contribution in [3.63, 3.8) is 0 Å². The Hall–Kier alpha value is -1.86. The van der Waals surface area contributed by atoms with Gasteiger partial charge in [0, 0.05) is 31.1 Å². The van der Waals surface area contributed by atoms with E-state index < -0.39 is 0 Å². The van der Waals surface area contributed by atoms with Crippen molar-refractivity contribution in [2.45, 2.75) is 30.6 Å². The third kappa shape index (κ3) is 3.75. The first-order valence-electron chi connectivity index (χ1n) is 9.40. The molecule has 0 N–H and O–H groups in total. The Morgan fingerprint density at radius 3 is 2.63 bits per heavy atom. The highest BCUT2D eigenvalue weighted by Gasteiger charge is 2.40. The largest absolute Gasteiger partial charge is 0.371 e. The predicted octanol–water partition coefficient (Wildman–Crippen LogP) is 3.44. The minimum atomic E-state index is -0.316. The van der Waals surface area contributed by atoms with Crippen molar-refractivity contribution in [1.82, 2.24) is 14.7 Å². The van der Waals surface area contributed by atoms with Gasteiger partial charge in [-0.3, -0.25) is 4.79 Å². The molecule has 4 rings (SSSR count). The summed E-state index contributed by atoms with van der Waals surface area (Å²) in [5.41, 5.74) is 1.61. The smallest absolute Gasteiger partial charge is 0.228 e. The third-order valence-electron chi connectivity index (χ3n) is 5.53. The minimum Gasteiger partial charge on any atom is -0.371 e. The van der Waals surface area contributed by atoms with Crippen LogP contribution in [-0.2, 0) is 9.53 Å². The quantitative estimate of drug-likeness (QED) is 0.804. The summed E-state index contributed by atoms with van der Waals surface area (Å²) in [5.74, 6) is -0.290. The normalized spacial score (nSPS) is 23.7. The first kappa shape index (κ1) is 18.5. The monoisotopic (exact) mass is 389 g/mol. The molecule has 0 radical (unpaired) electrons. The van der Waals surface area contributed by atoms with E-state index >= 15 is 0 Å². The van der Waals surface area contributed by atoms with E-state index in [1.807, 2.05) is 22.7 Å². The molecule has 5 nitrogen and oxygen atoms in total. The summed E-state index contributed by atoms with van der Waals surface area (Å²) in [7, 11) is 0. The van der Waals surface area contributed by atoms with Gasteiger partial charge in [0.25, 0.3) is 0 Å². The summed E-state index contributed by atoms with van der Waals surface area (Å²) >= 11 is 1.89. The van der Waals surface area contributed by atoms with Gasteiger partial charge in [-0.05, 0) is 55.9 Å². The average Bonchev–Trinajstić information content (AvgIpc) is 3.37. The van der Waals surface area contributed by atoms with Crippen LogP contribution in [0.3, 0.4) is 0 Å². The fraction of sp³-hybridized carbons (Fsp3) is 0.500. The second-order valence-electron chi connectivity index (χ2n) is 7.09. The molecule has 2 saturated heterocycles. The third-order valence-corrected chi connectivity index (χ3v) is 6.67. The lowest BCUT2D eigenvalue weighted by molar-refractivity contribution is -0.138. The number of halogens is 1. The van der Waals surface area contributed by atoms with Crippen LogP contribution in [0.25, 0.3) is 5.69 Å². The molecule has 7 heteroatoms. The lowest BCUT2D eigenvalue weighted by Crippen LogP contribution is -2.43. The Labute approximate surface area is 162 Å². The zero-order valence-corrected chi connectivity index (χ0v) is 16.2. The molecule has 144 valence electrons. The van der Waals surface area contributed by atoms with Gasteiger partial charge in [-0.25, -0.2) is 9.07 Å². The Balaban J connectivity index is 1.53. The Kier molecular flexibility index (Phi) is 5.50. The van der Waals surface area contributed by atoms with Gasteiger partial charge >= 0.3 is 0 Å². The lowest BCUT2D eigenvalue weighted by Gasteiger charge is -2.33. The molecule has 1 amide bonds. The summed E-state index contributed by atoms with van der Waals surface area (Å²) in [6.07, 6.45) is 6.35. The number of aromatic nitrogens is 2. The Morgan fingerprint density at radius 1 is 1.19 bits per heavy atom. The number of amides is 1. The Bertz CT molecular complexity index is 787. The maximum absolute atomic E-state index is 13.3. The van der Waals surface area contributed by atoms with Crippen molar-refractivity contribution < 1.29 is 13.9 Å². The van der Waals surface area contributed by atoms with E-state index in [1.54, 1.807) is 23.0 Å². The second-order valence-corrected chi connectivity index (χ2v) is 8.23. The molecule has 2 aliphatic rings. The summed E-state index contributed by atoms with van der Waals surface area (Å²) < 4.78 is 21.0. The summed E-state index contributed by atoms with van der Waals surface area (Å²) in [4.78, 5) is 15.2. The van der Waals surface area contributed by atoms with Crippen LogP contribution in [0.4, 0.5) is 4.39 Å². The molecule has 2 aliphatic heterocycles. The lowest BCUT2D eigenvalue weighted by atomic mass is 9.96. The highest BCUT2D eigenvalue weighted by Crippen LogP contribution is 2.37. The number of carbonyl (C=O) groups excluding carboxylic acids is 1. The van der Waals surface area contributed by atoms with Gasteiger partial charge in [-0.2, -0.15) is 16.9 Å². The minimum absolute atomic E-state index is 0.184. The first-order chi connectivity index (χ1) is 13.2. The van der Waals surface area contributed by atoms with E-state index in [2.05, 4.69) is 11.4 Å². The van der Waals surface area contributed by atoms with E-state index in [4.69, 9.17) is 4.74 Å². The average molecular weight is 389 g/mol. The molecular weight excluding hydrogens is 365 g/mol. The van der Waals surface area contributed by atoms with E-state index in [-0.39, 0.29) is 23.7 Å². The molecule has 2 atom stereocenters. The molecule has 0 unspecified atom stereocenters. The van der Waals surface area contributed by atoms with Crippen LogP contribution in [0.15, 0.2) is 36.5 Å². The molecule has 3 heterocycles. The number of carbonyl (C=O) groups is 1. The van der Waals surface area contributed by atoms with Gasteiger partial charge in [0.1, 0.15) is 11.9 Å². The van der Waals surface area contributed by atoms with Crippen LogP contribution in [0, 0.1) is 11.7 Å². The number of hydrogen-bond acceptors (Lipinski definition) is 4. The molecule has 1 aromatic heterocycles. The topological polar surface area (TPSA) is 47.4 Å². The zero-order valence-electron chi connectivity index (χ0n) is 15.4. The van der Waals surface area contributed by atoms with Crippen LogP contribution in [-0.4, -0.2) is 51.8 Å². The fourth-order valence-corrected chi connectivity index (χ4v) is 4.69. The zero-order chi connectivity index (χ0) is 18.8. The second kappa shape index (κ2) is 8.02. The highest BCUT2D eigenvalue weighted by molar-refractivity contribution is 7.99. The van der Waals surface area contributed by atoms with Gasteiger partial charge in [-0.15, -0.1) is 0 Å². The number of ether oxygens (including phenoxy) is 1. The van der Waals surface area contributed by atoms with Crippen molar-refractivity contribution in [2.75, 3.05) is 26.0 Å². The SMILES string of the molecule is CSC1CCN(C(=O)[C@H]2CCO[C@@H]2c2ccnn2-c2ccc(F)cc2)CC1. The number of likely N-dealkylation sites (tertiary alicyclic amines) is 1. The van der Waals surface area contributed by atoms with Crippen LogP contribution < -0.4 is 0 Å². The highest BCUT2D eigenvalue weighted by atomic mass is 32.2. The van der Waals surface area contributed by atoms with Gasteiger partial charge in [0.2, 0.25) is 5.91 Å². The number of benzene rings is 1. The summed E-state index contributed by atoms with van der Waals surface area (Å²) in [6, 6.07) is 8.08. The molecule has 2 aromatic rings. The summed E-state index contributed by atoms with van der Waals surface area (Å²) in [5, 5.41) is 5.03. The van der Waals surface area contributed by atoms with Gasteiger partial charge in [0.05, 0.1) is 17.3 Å². The molecule has 0 bridgehead atoms. The van der Waals surface area contributed by atoms with Crippen LogP contribution in [0.2, 0.25) is 0 Å². The van der Waals surface area contributed by atoms with Crippen molar-refractivity contribution in [2.24, 2.45) is 5.92 Å². The van der Waals surface area contributed by atoms with Gasteiger partial charge in [0.15, 0.2) is 0 Å². The number of thioether (sulfide) groups is 1. The fourth-order valence-electron chi connectivity index (χ4n) is 4.01. The van der Waals surface area contributed by atoms with Crippen molar-refractivity contribution in [1.29, 1.82) is 0 Å². The predicted molar refractivity (Wildman–Crippen MR) is 103 cm³/mol. The van der Waals surface area contributed by atoms with E-state index in [0.717, 1.165) is 43.7 Å². The number of nitrogens with zero attached hydrogens (tertiary/aromatic N) is 3. The van der Waals surface area contributed by atoms with E-state index in [0.29, 0.717) is 11.9 Å².